The fourth-order valence-corrected chi connectivity index (χ4v) is 3.72. The molecule has 1 aromatic carbocycles. The zero-order valence-corrected chi connectivity index (χ0v) is 17.8. The van der Waals surface area contributed by atoms with E-state index in [0.29, 0.717) is 0 Å². The Kier molecular flexibility index (Phi) is 6.81. The number of rotatable bonds is 7. The molecule has 0 fully saturated rings. The van der Waals surface area contributed by atoms with Crippen molar-refractivity contribution in [2.24, 2.45) is 4.99 Å². The zero-order valence-electron chi connectivity index (χ0n) is 17.0. The quantitative estimate of drug-likeness (QED) is 0.377. The average molecular weight is 397 g/mol. The van der Waals surface area contributed by atoms with Crippen LogP contribution in [0, 0.1) is 13.8 Å². The van der Waals surface area contributed by atoms with Crippen molar-refractivity contribution < 1.29 is 0 Å². The second-order valence-electron chi connectivity index (χ2n) is 6.81. The first-order valence-electron chi connectivity index (χ1n) is 9.50. The van der Waals surface area contributed by atoms with E-state index in [1.54, 1.807) is 11.3 Å². The van der Waals surface area contributed by atoms with Crippen molar-refractivity contribution in [2.75, 3.05) is 20.6 Å². The molecule has 1 N–H and O–H groups in total. The second-order valence-corrected chi connectivity index (χ2v) is 7.87. The number of hydrogen-bond acceptors (Lipinski definition) is 4. The number of hydrogen-bond donors (Lipinski definition) is 1. The van der Waals surface area contributed by atoms with Crippen molar-refractivity contribution >= 4 is 17.3 Å². The van der Waals surface area contributed by atoms with Crippen LogP contribution < -0.4 is 5.32 Å². The molecule has 2 aromatic heterocycles. The van der Waals surface area contributed by atoms with Crippen LogP contribution in [-0.2, 0) is 13.0 Å². The van der Waals surface area contributed by atoms with Crippen LogP contribution in [0.5, 0.6) is 0 Å². The predicted molar refractivity (Wildman–Crippen MR) is 116 cm³/mol. The Morgan fingerprint density at radius 2 is 2.04 bits per heavy atom. The SMILES string of the molecule is CN=C(NCCCc1cn(-c2ccccc2)nc1C)N(C)Cc1csc(C)n1. The highest BCUT2D eigenvalue weighted by Gasteiger charge is 2.09. The molecule has 0 saturated heterocycles. The van der Waals surface area contributed by atoms with E-state index in [2.05, 4.69) is 55.9 Å². The van der Waals surface area contributed by atoms with Crippen molar-refractivity contribution in [2.45, 2.75) is 33.2 Å². The number of benzene rings is 1. The Bertz CT molecular complexity index is 912. The summed E-state index contributed by atoms with van der Waals surface area (Å²) in [7, 11) is 3.86. The topological polar surface area (TPSA) is 58.3 Å². The maximum Gasteiger partial charge on any atom is 0.193 e. The summed E-state index contributed by atoms with van der Waals surface area (Å²) in [5.41, 5.74) is 4.54. The molecule has 2 heterocycles. The first-order valence-corrected chi connectivity index (χ1v) is 10.4. The fourth-order valence-electron chi connectivity index (χ4n) is 3.12. The lowest BCUT2D eigenvalue weighted by atomic mass is 10.1. The standard InChI is InChI=1S/C21H28N6S/c1-16-18(13-27(25-16)20-10-6-5-7-11-20)9-8-12-23-21(22-3)26(4)14-19-15-28-17(2)24-19/h5-7,10-11,13,15H,8-9,12,14H2,1-4H3,(H,22,23). The summed E-state index contributed by atoms with van der Waals surface area (Å²) in [4.78, 5) is 11.0. The molecule has 0 aliphatic heterocycles. The second kappa shape index (κ2) is 9.50. The molecule has 0 radical (unpaired) electrons. The van der Waals surface area contributed by atoms with Crippen molar-refractivity contribution in [1.29, 1.82) is 0 Å². The molecule has 7 heteroatoms. The van der Waals surface area contributed by atoms with E-state index in [9.17, 15) is 0 Å². The zero-order chi connectivity index (χ0) is 19.9. The van der Waals surface area contributed by atoms with Gasteiger partial charge < -0.3 is 10.2 Å². The molecular formula is C21H28N6S. The fraction of sp³-hybridized carbons (Fsp3) is 0.381. The average Bonchev–Trinajstić information content (AvgIpc) is 3.27. The smallest absolute Gasteiger partial charge is 0.193 e. The number of para-hydroxylation sites is 1. The third-order valence-electron chi connectivity index (χ3n) is 4.57. The van der Waals surface area contributed by atoms with Gasteiger partial charge in [-0.3, -0.25) is 4.99 Å². The maximum absolute atomic E-state index is 4.65. The highest BCUT2D eigenvalue weighted by Crippen LogP contribution is 2.13. The molecule has 0 bridgehead atoms. The molecule has 3 aromatic rings. The van der Waals surface area contributed by atoms with Gasteiger partial charge in [0.25, 0.3) is 0 Å². The van der Waals surface area contributed by atoms with E-state index in [-0.39, 0.29) is 0 Å². The number of nitrogens with one attached hydrogen (secondary N) is 1. The molecule has 0 spiro atoms. The Labute approximate surface area is 171 Å². The van der Waals surface area contributed by atoms with Gasteiger partial charge in [0.1, 0.15) is 0 Å². The number of thiazole rings is 1. The minimum absolute atomic E-state index is 0.757. The lowest BCUT2D eigenvalue weighted by molar-refractivity contribution is 0.470. The molecule has 0 aliphatic rings. The number of guanidine groups is 1. The summed E-state index contributed by atoms with van der Waals surface area (Å²) in [5.74, 6) is 0.891. The Hall–Kier alpha value is -2.67. The lowest BCUT2D eigenvalue weighted by Crippen LogP contribution is -2.39. The number of nitrogens with zero attached hydrogens (tertiary/aromatic N) is 5. The molecule has 0 amide bonds. The van der Waals surface area contributed by atoms with Gasteiger partial charge in [0.2, 0.25) is 0 Å². The summed E-state index contributed by atoms with van der Waals surface area (Å²) in [6, 6.07) is 10.2. The Balaban J connectivity index is 1.49. The lowest BCUT2D eigenvalue weighted by Gasteiger charge is -2.21. The van der Waals surface area contributed by atoms with E-state index in [1.807, 2.05) is 43.9 Å². The Morgan fingerprint density at radius 3 is 2.71 bits per heavy atom. The van der Waals surface area contributed by atoms with E-state index >= 15 is 0 Å². The minimum atomic E-state index is 0.757. The maximum atomic E-state index is 4.65. The number of aliphatic imine (C=N–C) groups is 1. The highest BCUT2D eigenvalue weighted by molar-refractivity contribution is 7.09. The number of aryl methyl sites for hydroxylation is 3. The van der Waals surface area contributed by atoms with Gasteiger partial charge in [-0.05, 0) is 44.4 Å². The monoisotopic (exact) mass is 396 g/mol. The van der Waals surface area contributed by atoms with E-state index in [4.69, 9.17) is 0 Å². The summed E-state index contributed by atoms with van der Waals surface area (Å²) in [5, 5.41) is 11.3. The van der Waals surface area contributed by atoms with E-state index in [0.717, 1.165) is 54.0 Å². The van der Waals surface area contributed by atoms with Crippen molar-refractivity contribution in [1.82, 2.24) is 25.0 Å². The molecule has 0 unspecified atom stereocenters. The van der Waals surface area contributed by atoms with Crippen LogP contribution in [-0.4, -0.2) is 46.3 Å². The number of aromatic nitrogens is 3. The van der Waals surface area contributed by atoms with Gasteiger partial charge in [0, 0.05) is 32.2 Å². The molecule has 28 heavy (non-hydrogen) atoms. The van der Waals surface area contributed by atoms with Crippen molar-refractivity contribution in [3.8, 4) is 5.69 Å². The summed E-state index contributed by atoms with van der Waals surface area (Å²) < 4.78 is 1.96. The molecular weight excluding hydrogens is 368 g/mol. The molecule has 0 aliphatic carbocycles. The van der Waals surface area contributed by atoms with E-state index < -0.39 is 0 Å². The predicted octanol–water partition coefficient (Wildman–Crippen LogP) is 3.59. The molecule has 6 nitrogen and oxygen atoms in total. The largest absolute Gasteiger partial charge is 0.356 e. The van der Waals surface area contributed by atoms with Crippen LogP contribution in [0.25, 0.3) is 5.69 Å². The minimum Gasteiger partial charge on any atom is -0.356 e. The van der Waals surface area contributed by atoms with Gasteiger partial charge in [-0.15, -0.1) is 11.3 Å². The van der Waals surface area contributed by atoms with Crippen molar-refractivity contribution in [3.05, 3.63) is 63.9 Å². The van der Waals surface area contributed by atoms with Gasteiger partial charge in [0.05, 0.1) is 28.6 Å². The van der Waals surface area contributed by atoms with Gasteiger partial charge in [0.15, 0.2) is 5.96 Å². The van der Waals surface area contributed by atoms with Gasteiger partial charge in [-0.2, -0.15) is 5.10 Å². The van der Waals surface area contributed by atoms with Crippen LogP contribution in [0.15, 0.2) is 46.9 Å². The van der Waals surface area contributed by atoms with Crippen LogP contribution in [0.3, 0.4) is 0 Å². The summed E-state index contributed by atoms with van der Waals surface area (Å²) in [6.07, 6.45) is 4.14. The molecule has 0 atom stereocenters. The normalized spacial score (nSPS) is 11.6. The summed E-state index contributed by atoms with van der Waals surface area (Å²) in [6.45, 7) is 5.73. The Morgan fingerprint density at radius 1 is 1.25 bits per heavy atom. The van der Waals surface area contributed by atoms with E-state index in [1.165, 1.54) is 5.56 Å². The van der Waals surface area contributed by atoms with Crippen LogP contribution in [0.2, 0.25) is 0 Å². The van der Waals surface area contributed by atoms with Gasteiger partial charge in [-0.25, -0.2) is 9.67 Å². The third kappa shape index (κ3) is 5.19. The third-order valence-corrected chi connectivity index (χ3v) is 5.39. The van der Waals surface area contributed by atoms with Crippen LogP contribution in [0.1, 0.15) is 28.4 Å². The first kappa shape index (κ1) is 20.1. The molecule has 0 saturated carbocycles. The molecule has 148 valence electrons. The molecule has 3 rings (SSSR count). The highest BCUT2D eigenvalue weighted by atomic mass is 32.1. The first-order chi connectivity index (χ1) is 13.6. The van der Waals surface area contributed by atoms with Crippen molar-refractivity contribution in [3.63, 3.8) is 0 Å². The van der Waals surface area contributed by atoms with Gasteiger partial charge in [-0.1, -0.05) is 18.2 Å². The van der Waals surface area contributed by atoms with Crippen LogP contribution in [0.4, 0.5) is 0 Å². The van der Waals surface area contributed by atoms with Gasteiger partial charge >= 0.3 is 0 Å². The van der Waals surface area contributed by atoms with Crippen LogP contribution >= 0.6 is 11.3 Å². The summed E-state index contributed by atoms with van der Waals surface area (Å²) >= 11 is 1.68.